The zero-order valence-electron chi connectivity index (χ0n) is 9.27. The van der Waals surface area contributed by atoms with E-state index in [1.54, 1.807) is 24.4 Å². The Morgan fingerprint density at radius 1 is 1.18 bits per heavy atom. The molecule has 2 nitrogen and oxygen atoms in total. The Labute approximate surface area is 99.1 Å². The molecule has 0 bridgehead atoms. The molecule has 0 spiro atoms. The molecule has 2 rings (SSSR count). The highest BCUT2D eigenvalue weighted by molar-refractivity contribution is 5.68. The molecule has 0 radical (unpaired) electrons. The van der Waals surface area contributed by atoms with Crippen LogP contribution in [0.3, 0.4) is 0 Å². The average Bonchev–Trinajstić information content (AvgIpc) is 2.40. The van der Waals surface area contributed by atoms with Crippen molar-refractivity contribution < 1.29 is 9.18 Å². The molecule has 86 valence electrons. The van der Waals surface area contributed by atoms with Crippen LogP contribution in [-0.4, -0.2) is 11.3 Å². The summed E-state index contributed by atoms with van der Waals surface area (Å²) in [5.41, 5.74) is 3.21. The van der Waals surface area contributed by atoms with Crippen molar-refractivity contribution in [2.75, 3.05) is 0 Å². The van der Waals surface area contributed by atoms with Gasteiger partial charge in [-0.3, -0.25) is 4.98 Å². The summed E-state index contributed by atoms with van der Waals surface area (Å²) in [6.45, 7) is -0.469. The molecular formula is C14H12FNO. The minimum atomic E-state index is -0.469. The third-order valence-corrected chi connectivity index (χ3v) is 2.58. The Kier molecular flexibility index (Phi) is 3.60. The zero-order chi connectivity index (χ0) is 12.1. The van der Waals surface area contributed by atoms with Crippen molar-refractivity contribution in [2.24, 2.45) is 0 Å². The standard InChI is InChI=1S/C14H12FNO/c15-10-11-3-5-13(6-4-11)14-12(7-9-17)2-1-8-16-14/h1-6,8-9H,7,10H2. The molecule has 0 saturated heterocycles. The summed E-state index contributed by atoms with van der Waals surface area (Å²) in [6.07, 6.45) is 2.89. The first-order valence-corrected chi connectivity index (χ1v) is 5.38. The van der Waals surface area contributed by atoms with E-state index in [0.717, 1.165) is 23.1 Å². The lowest BCUT2D eigenvalue weighted by atomic mass is 10.0. The van der Waals surface area contributed by atoms with Gasteiger partial charge in [0.2, 0.25) is 0 Å². The second kappa shape index (κ2) is 5.34. The summed E-state index contributed by atoms with van der Waals surface area (Å²) < 4.78 is 12.4. The van der Waals surface area contributed by atoms with E-state index >= 15 is 0 Å². The molecule has 0 aliphatic carbocycles. The van der Waals surface area contributed by atoms with Gasteiger partial charge >= 0.3 is 0 Å². The summed E-state index contributed by atoms with van der Waals surface area (Å²) in [7, 11) is 0. The fourth-order valence-corrected chi connectivity index (χ4v) is 1.70. The summed E-state index contributed by atoms with van der Waals surface area (Å²) in [6, 6.07) is 10.8. The Balaban J connectivity index is 2.40. The predicted molar refractivity (Wildman–Crippen MR) is 64.3 cm³/mol. The number of carbonyl (C=O) groups excluding carboxylic acids is 1. The number of hydrogen-bond acceptors (Lipinski definition) is 2. The van der Waals surface area contributed by atoms with Gasteiger partial charge in [0.25, 0.3) is 0 Å². The molecule has 0 fully saturated rings. The van der Waals surface area contributed by atoms with Crippen LogP contribution in [0.5, 0.6) is 0 Å². The second-order valence-corrected chi connectivity index (χ2v) is 3.71. The molecule has 2 aromatic rings. The molecule has 17 heavy (non-hydrogen) atoms. The van der Waals surface area contributed by atoms with Crippen molar-refractivity contribution in [1.29, 1.82) is 0 Å². The van der Waals surface area contributed by atoms with Gasteiger partial charge in [0.05, 0.1) is 5.69 Å². The van der Waals surface area contributed by atoms with Crippen LogP contribution in [-0.2, 0) is 17.9 Å². The van der Waals surface area contributed by atoms with Gasteiger partial charge < -0.3 is 4.79 Å². The van der Waals surface area contributed by atoms with Crippen molar-refractivity contribution in [2.45, 2.75) is 13.1 Å². The van der Waals surface area contributed by atoms with Crippen LogP contribution in [0.4, 0.5) is 4.39 Å². The van der Waals surface area contributed by atoms with Gasteiger partial charge in [0.15, 0.2) is 0 Å². The largest absolute Gasteiger partial charge is 0.303 e. The number of aldehydes is 1. The highest BCUT2D eigenvalue weighted by Crippen LogP contribution is 2.21. The summed E-state index contributed by atoms with van der Waals surface area (Å²) in [5.74, 6) is 0. The van der Waals surface area contributed by atoms with E-state index < -0.39 is 6.67 Å². The average molecular weight is 229 g/mol. The van der Waals surface area contributed by atoms with E-state index in [-0.39, 0.29) is 0 Å². The monoisotopic (exact) mass is 229 g/mol. The van der Waals surface area contributed by atoms with Crippen LogP contribution in [0.1, 0.15) is 11.1 Å². The van der Waals surface area contributed by atoms with Crippen molar-refractivity contribution >= 4 is 6.29 Å². The molecule has 1 heterocycles. The van der Waals surface area contributed by atoms with Gasteiger partial charge in [-0.2, -0.15) is 0 Å². The number of carbonyl (C=O) groups is 1. The van der Waals surface area contributed by atoms with E-state index in [1.807, 2.05) is 18.2 Å². The van der Waals surface area contributed by atoms with Gasteiger partial charge in [-0.25, -0.2) is 4.39 Å². The topological polar surface area (TPSA) is 30.0 Å². The van der Waals surface area contributed by atoms with Crippen LogP contribution in [0.2, 0.25) is 0 Å². The SMILES string of the molecule is O=CCc1cccnc1-c1ccc(CF)cc1. The minimum Gasteiger partial charge on any atom is -0.303 e. The summed E-state index contributed by atoms with van der Waals surface area (Å²) in [5, 5.41) is 0. The molecular weight excluding hydrogens is 217 g/mol. The number of hydrogen-bond donors (Lipinski definition) is 0. The second-order valence-electron chi connectivity index (χ2n) is 3.71. The number of nitrogens with zero attached hydrogens (tertiary/aromatic N) is 1. The highest BCUT2D eigenvalue weighted by atomic mass is 19.1. The van der Waals surface area contributed by atoms with Gasteiger partial charge in [0.1, 0.15) is 13.0 Å². The molecule has 0 unspecified atom stereocenters. The number of halogens is 1. The van der Waals surface area contributed by atoms with Gasteiger partial charge in [-0.15, -0.1) is 0 Å². The van der Waals surface area contributed by atoms with E-state index in [0.29, 0.717) is 12.0 Å². The minimum absolute atomic E-state index is 0.341. The smallest absolute Gasteiger partial charge is 0.124 e. The van der Waals surface area contributed by atoms with Crippen molar-refractivity contribution in [3.63, 3.8) is 0 Å². The van der Waals surface area contributed by atoms with Crippen molar-refractivity contribution in [3.05, 3.63) is 53.7 Å². The van der Waals surface area contributed by atoms with E-state index in [4.69, 9.17) is 0 Å². The van der Waals surface area contributed by atoms with Crippen LogP contribution < -0.4 is 0 Å². The van der Waals surface area contributed by atoms with Gasteiger partial charge in [-0.1, -0.05) is 30.3 Å². The van der Waals surface area contributed by atoms with Crippen LogP contribution in [0.25, 0.3) is 11.3 Å². The molecule has 0 N–H and O–H groups in total. The molecule has 1 aromatic heterocycles. The maximum atomic E-state index is 12.4. The van der Waals surface area contributed by atoms with Crippen LogP contribution >= 0.6 is 0 Å². The normalized spacial score (nSPS) is 10.2. The Morgan fingerprint density at radius 3 is 2.59 bits per heavy atom. The number of aromatic nitrogens is 1. The quantitative estimate of drug-likeness (QED) is 0.754. The Bertz CT molecular complexity index is 508. The van der Waals surface area contributed by atoms with Gasteiger partial charge in [0, 0.05) is 18.2 Å². The number of rotatable bonds is 4. The van der Waals surface area contributed by atoms with E-state index in [1.165, 1.54) is 0 Å². The molecule has 0 atom stereocenters. The highest BCUT2D eigenvalue weighted by Gasteiger charge is 2.05. The fraction of sp³-hybridized carbons (Fsp3) is 0.143. The first-order chi connectivity index (χ1) is 8.35. The Morgan fingerprint density at radius 2 is 1.94 bits per heavy atom. The third-order valence-electron chi connectivity index (χ3n) is 2.58. The van der Waals surface area contributed by atoms with Gasteiger partial charge in [-0.05, 0) is 17.2 Å². The lowest BCUT2D eigenvalue weighted by Crippen LogP contribution is -1.94. The summed E-state index contributed by atoms with van der Waals surface area (Å²) in [4.78, 5) is 14.9. The zero-order valence-corrected chi connectivity index (χ0v) is 9.27. The van der Waals surface area contributed by atoms with Crippen molar-refractivity contribution in [1.82, 2.24) is 4.98 Å². The molecule has 0 amide bonds. The summed E-state index contributed by atoms with van der Waals surface area (Å²) >= 11 is 0. The third kappa shape index (κ3) is 2.56. The van der Waals surface area contributed by atoms with Crippen LogP contribution in [0.15, 0.2) is 42.6 Å². The van der Waals surface area contributed by atoms with Crippen LogP contribution in [0, 0.1) is 0 Å². The molecule has 0 saturated carbocycles. The Hall–Kier alpha value is -2.03. The van der Waals surface area contributed by atoms with E-state index in [9.17, 15) is 9.18 Å². The van der Waals surface area contributed by atoms with E-state index in [2.05, 4.69) is 4.98 Å². The first kappa shape index (κ1) is 11.5. The maximum Gasteiger partial charge on any atom is 0.124 e. The maximum absolute atomic E-state index is 12.4. The molecule has 0 aliphatic heterocycles. The first-order valence-electron chi connectivity index (χ1n) is 5.38. The number of pyridine rings is 1. The molecule has 1 aromatic carbocycles. The number of benzene rings is 1. The molecule has 3 heteroatoms. The molecule has 0 aliphatic rings. The lowest BCUT2D eigenvalue weighted by Gasteiger charge is -2.06. The van der Waals surface area contributed by atoms with Crippen molar-refractivity contribution in [3.8, 4) is 11.3 Å². The lowest BCUT2D eigenvalue weighted by molar-refractivity contribution is -0.107. The predicted octanol–water partition coefficient (Wildman–Crippen LogP) is 2.96. The number of alkyl halides is 1. The fourth-order valence-electron chi connectivity index (χ4n) is 1.70.